The lowest BCUT2D eigenvalue weighted by atomic mass is 9.83. The van der Waals surface area contributed by atoms with Gasteiger partial charge in [0.1, 0.15) is 0 Å². The Morgan fingerprint density at radius 3 is 2.94 bits per heavy atom. The summed E-state index contributed by atoms with van der Waals surface area (Å²) in [5.74, 6) is 0.936. The van der Waals surface area contributed by atoms with E-state index in [-0.39, 0.29) is 0 Å². The quantitative estimate of drug-likeness (QED) is 0.633. The van der Waals surface area contributed by atoms with Crippen LogP contribution in [0.25, 0.3) is 11.0 Å². The van der Waals surface area contributed by atoms with E-state index in [1.54, 1.807) is 0 Å². The molecule has 2 aromatic rings. The molecule has 1 aromatic heterocycles. The Kier molecular flexibility index (Phi) is 3.25. The van der Waals surface area contributed by atoms with Crippen molar-refractivity contribution in [2.24, 2.45) is 5.92 Å². The molecule has 1 heterocycles. The number of rotatable bonds is 3. The van der Waals surface area contributed by atoms with Crippen LogP contribution in [0.5, 0.6) is 0 Å². The monoisotopic (exact) mass is 358 g/mol. The van der Waals surface area contributed by atoms with E-state index < -0.39 is 0 Å². The number of nitrogens with one attached hydrogen (secondary N) is 1. The van der Waals surface area contributed by atoms with E-state index in [1.165, 1.54) is 34.8 Å². The standard InChI is InChI=1S/C13H15IN2S/c14-10-4-5-12-11(8-10)15-13(17)16(12)7-6-9-2-1-3-9/h4-5,8-9H,1-3,6-7H2,(H,15,17). The number of aromatic nitrogens is 2. The molecule has 4 heteroatoms. The van der Waals surface area contributed by atoms with Crippen LogP contribution in [0.2, 0.25) is 0 Å². The highest BCUT2D eigenvalue weighted by molar-refractivity contribution is 14.1. The van der Waals surface area contributed by atoms with Crippen LogP contribution in [-0.2, 0) is 6.54 Å². The molecule has 1 saturated carbocycles. The first-order valence-corrected chi connectivity index (χ1v) is 7.61. The van der Waals surface area contributed by atoms with Crippen LogP contribution in [0.15, 0.2) is 18.2 Å². The smallest absolute Gasteiger partial charge is 0.178 e. The minimum Gasteiger partial charge on any atom is -0.331 e. The Morgan fingerprint density at radius 1 is 1.41 bits per heavy atom. The predicted molar refractivity (Wildman–Crippen MR) is 81.8 cm³/mol. The van der Waals surface area contributed by atoms with Crippen LogP contribution in [0.4, 0.5) is 0 Å². The van der Waals surface area contributed by atoms with Crippen LogP contribution < -0.4 is 0 Å². The molecule has 0 atom stereocenters. The first-order valence-electron chi connectivity index (χ1n) is 6.12. The average Bonchev–Trinajstić information content (AvgIpc) is 2.52. The van der Waals surface area contributed by atoms with Crippen LogP contribution in [0.3, 0.4) is 0 Å². The lowest BCUT2D eigenvalue weighted by molar-refractivity contribution is 0.283. The van der Waals surface area contributed by atoms with Gasteiger partial charge in [0.05, 0.1) is 11.0 Å². The number of hydrogen-bond donors (Lipinski definition) is 1. The number of fused-ring (bicyclic) bond motifs is 1. The molecule has 1 aliphatic rings. The molecule has 90 valence electrons. The summed E-state index contributed by atoms with van der Waals surface area (Å²) < 4.78 is 4.36. The number of H-pyrrole nitrogens is 1. The van der Waals surface area contributed by atoms with Gasteiger partial charge in [0.15, 0.2) is 4.77 Å². The van der Waals surface area contributed by atoms with Gasteiger partial charge in [-0.25, -0.2) is 0 Å². The highest BCUT2D eigenvalue weighted by Gasteiger charge is 2.17. The van der Waals surface area contributed by atoms with Gasteiger partial charge in [-0.3, -0.25) is 0 Å². The summed E-state index contributed by atoms with van der Waals surface area (Å²) in [6, 6.07) is 6.47. The van der Waals surface area contributed by atoms with Crippen molar-refractivity contribution < 1.29 is 0 Å². The van der Waals surface area contributed by atoms with Crippen LogP contribution >= 0.6 is 34.8 Å². The summed E-state index contributed by atoms with van der Waals surface area (Å²) in [6.45, 7) is 1.06. The highest BCUT2D eigenvalue weighted by Crippen LogP contribution is 2.30. The lowest BCUT2D eigenvalue weighted by Crippen LogP contribution is -2.13. The minimum absolute atomic E-state index is 0.862. The third kappa shape index (κ3) is 2.29. The molecule has 0 amide bonds. The van der Waals surface area contributed by atoms with E-state index >= 15 is 0 Å². The van der Waals surface area contributed by atoms with Gasteiger partial charge in [0.2, 0.25) is 0 Å². The van der Waals surface area contributed by atoms with Gasteiger partial charge in [-0.2, -0.15) is 0 Å². The second-order valence-electron chi connectivity index (χ2n) is 4.83. The van der Waals surface area contributed by atoms with Crippen molar-refractivity contribution in [2.45, 2.75) is 32.2 Å². The molecule has 0 radical (unpaired) electrons. The fourth-order valence-electron chi connectivity index (χ4n) is 2.45. The molecule has 17 heavy (non-hydrogen) atoms. The zero-order valence-corrected chi connectivity index (χ0v) is 12.6. The molecule has 2 nitrogen and oxygen atoms in total. The van der Waals surface area contributed by atoms with Crippen LogP contribution in [-0.4, -0.2) is 9.55 Å². The second kappa shape index (κ2) is 4.72. The summed E-state index contributed by atoms with van der Waals surface area (Å²) in [4.78, 5) is 3.30. The maximum absolute atomic E-state index is 5.41. The highest BCUT2D eigenvalue weighted by atomic mass is 127. The molecule has 3 rings (SSSR count). The predicted octanol–water partition coefficient (Wildman–Crippen LogP) is 4.49. The Balaban J connectivity index is 1.91. The fraction of sp³-hybridized carbons (Fsp3) is 0.462. The number of benzene rings is 1. The third-order valence-corrected chi connectivity index (χ3v) is 4.72. The third-order valence-electron chi connectivity index (χ3n) is 3.72. The number of hydrogen-bond acceptors (Lipinski definition) is 1. The maximum Gasteiger partial charge on any atom is 0.178 e. The number of imidazole rings is 1. The number of nitrogens with zero attached hydrogens (tertiary/aromatic N) is 1. The van der Waals surface area contributed by atoms with Crippen molar-refractivity contribution in [2.75, 3.05) is 0 Å². The normalized spacial score (nSPS) is 16.3. The SMILES string of the molecule is S=c1[nH]c2cc(I)ccc2n1CCC1CCC1. The first-order chi connectivity index (χ1) is 8.24. The molecule has 1 aliphatic carbocycles. The Labute approximate surface area is 120 Å². The molecule has 1 aromatic carbocycles. The van der Waals surface area contributed by atoms with Gasteiger partial charge in [0.25, 0.3) is 0 Å². The number of halogens is 1. The largest absolute Gasteiger partial charge is 0.331 e. The maximum atomic E-state index is 5.41. The van der Waals surface area contributed by atoms with Gasteiger partial charge in [-0.1, -0.05) is 19.3 Å². The topological polar surface area (TPSA) is 20.7 Å². The lowest BCUT2D eigenvalue weighted by Gasteiger charge is -2.25. The van der Waals surface area contributed by atoms with Gasteiger partial charge in [-0.15, -0.1) is 0 Å². The average molecular weight is 358 g/mol. The van der Waals surface area contributed by atoms with E-state index in [2.05, 4.69) is 50.3 Å². The van der Waals surface area contributed by atoms with Crippen LogP contribution in [0.1, 0.15) is 25.7 Å². The van der Waals surface area contributed by atoms with Crippen molar-refractivity contribution in [3.05, 3.63) is 26.5 Å². The molecule has 0 aliphatic heterocycles. The van der Waals surface area contributed by atoms with Crippen molar-refractivity contribution in [1.82, 2.24) is 9.55 Å². The molecule has 1 N–H and O–H groups in total. The van der Waals surface area contributed by atoms with E-state index in [9.17, 15) is 0 Å². The van der Waals surface area contributed by atoms with E-state index in [1.807, 2.05) is 0 Å². The molecule has 1 fully saturated rings. The first kappa shape index (κ1) is 11.7. The van der Waals surface area contributed by atoms with Crippen molar-refractivity contribution in [3.8, 4) is 0 Å². The second-order valence-corrected chi connectivity index (χ2v) is 6.46. The Hall–Kier alpha value is -0.360. The Morgan fingerprint density at radius 2 is 2.24 bits per heavy atom. The van der Waals surface area contributed by atoms with E-state index in [0.717, 1.165) is 22.8 Å². The molecular formula is C13H15IN2S. The molecule has 0 spiro atoms. The van der Waals surface area contributed by atoms with Crippen LogP contribution in [0, 0.1) is 14.3 Å². The molecular weight excluding hydrogens is 343 g/mol. The fourth-order valence-corrected chi connectivity index (χ4v) is 3.24. The van der Waals surface area contributed by atoms with Crippen molar-refractivity contribution >= 4 is 45.8 Å². The van der Waals surface area contributed by atoms with E-state index in [0.29, 0.717) is 0 Å². The van der Waals surface area contributed by atoms with Gasteiger partial charge in [-0.05, 0) is 65.3 Å². The van der Waals surface area contributed by atoms with Gasteiger partial charge >= 0.3 is 0 Å². The molecule has 0 bridgehead atoms. The molecule has 0 unspecified atom stereocenters. The summed E-state index contributed by atoms with van der Waals surface area (Å²) in [6.07, 6.45) is 5.51. The van der Waals surface area contributed by atoms with Gasteiger partial charge < -0.3 is 9.55 Å². The summed E-state index contributed by atoms with van der Waals surface area (Å²) in [5.41, 5.74) is 2.41. The number of aromatic amines is 1. The van der Waals surface area contributed by atoms with Crippen molar-refractivity contribution in [1.29, 1.82) is 0 Å². The number of aryl methyl sites for hydroxylation is 1. The summed E-state index contributed by atoms with van der Waals surface area (Å²) in [5, 5.41) is 0. The molecule has 0 saturated heterocycles. The van der Waals surface area contributed by atoms with Gasteiger partial charge in [0, 0.05) is 10.1 Å². The Bertz CT molecular complexity index is 595. The summed E-state index contributed by atoms with van der Waals surface area (Å²) in [7, 11) is 0. The van der Waals surface area contributed by atoms with E-state index in [4.69, 9.17) is 12.2 Å². The minimum atomic E-state index is 0.862. The summed E-state index contributed by atoms with van der Waals surface area (Å²) >= 11 is 7.74. The zero-order valence-electron chi connectivity index (χ0n) is 9.58. The van der Waals surface area contributed by atoms with Crippen molar-refractivity contribution in [3.63, 3.8) is 0 Å². The zero-order chi connectivity index (χ0) is 11.8.